The standard InChI is InChI=1S/C10H11NO4/c1-7(2)9(12)14-5-6-15-10(13)8(3)11-4/h1,3,5-6H2,2H3. The number of carbonyl (C=O) groups excluding carboxylic acids is 2. The van der Waals surface area contributed by atoms with E-state index in [1.54, 1.807) is 0 Å². The van der Waals surface area contributed by atoms with Crippen LogP contribution in [0, 0.1) is 6.57 Å². The van der Waals surface area contributed by atoms with Crippen molar-refractivity contribution in [1.82, 2.24) is 0 Å². The summed E-state index contributed by atoms with van der Waals surface area (Å²) in [4.78, 5) is 24.5. The first-order valence-corrected chi connectivity index (χ1v) is 4.05. The SMILES string of the molecule is [C-]#[N+]C(=C)C(=O)OCCOC(=O)C(=C)C. The third-order valence-electron chi connectivity index (χ3n) is 1.27. The van der Waals surface area contributed by atoms with E-state index in [0.29, 0.717) is 0 Å². The number of hydrogen-bond donors (Lipinski definition) is 0. The molecule has 0 heterocycles. The lowest BCUT2D eigenvalue weighted by molar-refractivity contribution is -0.147. The van der Waals surface area contributed by atoms with Gasteiger partial charge in [0.25, 0.3) is 5.70 Å². The molecule has 0 aliphatic carbocycles. The van der Waals surface area contributed by atoms with Crippen molar-refractivity contribution in [3.63, 3.8) is 0 Å². The first kappa shape index (κ1) is 12.9. The van der Waals surface area contributed by atoms with Gasteiger partial charge in [-0.2, -0.15) is 0 Å². The van der Waals surface area contributed by atoms with Crippen molar-refractivity contribution in [3.05, 3.63) is 35.8 Å². The van der Waals surface area contributed by atoms with Gasteiger partial charge in [0.15, 0.2) is 0 Å². The monoisotopic (exact) mass is 209 g/mol. The highest BCUT2D eigenvalue weighted by Crippen LogP contribution is 1.96. The summed E-state index contributed by atoms with van der Waals surface area (Å²) in [6.45, 7) is 14.3. The Morgan fingerprint density at radius 3 is 2.07 bits per heavy atom. The van der Waals surface area contributed by atoms with Crippen LogP contribution >= 0.6 is 0 Å². The zero-order valence-corrected chi connectivity index (χ0v) is 8.41. The first-order chi connectivity index (χ1) is 6.99. The minimum atomic E-state index is -0.809. The molecular weight excluding hydrogens is 198 g/mol. The molecule has 0 fully saturated rings. The average molecular weight is 209 g/mol. The summed E-state index contributed by atoms with van der Waals surface area (Å²) in [5.74, 6) is -1.36. The van der Waals surface area contributed by atoms with Gasteiger partial charge in [0.2, 0.25) is 0 Å². The maximum Gasteiger partial charge on any atom is 0.335 e. The van der Waals surface area contributed by atoms with Crippen molar-refractivity contribution in [1.29, 1.82) is 0 Å². The van der Waals surface area contributed by atoms with E-state index in [9.17, 15) is 9.59 Å². The summed E-state index contributed by atoms with van der Waals surface area (Å²) in [7, 11) is 0. The van der Waals surface area contributed by atoms with Gasteiger partial charge in [-0.05, 0) is 6.92 Å². The summed E-state index contributed by atoms with van der Waals surface area (Å²) in [5, 5.41) is 0. The van der Waals surface area contributed by atoms with Crippen LogP contribution in [0.25, 0.3) is 4.85 Å². The van der Waals surface area contributed by atoms with Crippen LogP contribution in [0.15, 0.2) is 24.4 Å². The van der Waals surface area contributed by atoms with Gasteiger partial charge in [0.05, 0.1) is 6.57 Å². The molecule has 0 rings (SSSR count). The fourth-order valence-electron chi connectivity index (χ4n) is 0.521. The van der Waals surface area contributed by atoms with E-state index in [2.05, 4.69) is 27.5 Å². The summed E-state index contributed by atoms with van der Waals surface area (Å²) in [6, 6.07) is 0. The predicted octanol–water partition coefficient (Wildman–Crippen LogP) is 1.08. The summed E-state index contributed by atoms with van der Waals surface area (Å²) >= 11 is 0. The van der Waals surface area contributed by atoms with E-state index in [1.165, 1.54) is 6.92 Å². The van der Waals surface area contributed by atoms with Crippen LogP contribution in [-0.4, -0.2) is 25.2 Å². The third kappa shape index (κ3) is 5.26. The fourth-order valence-corrected chi connectivity index (χ4v) is 0.521. The number of esters is 2. The molecule has 5 nitrogen and oxygen atoms in total. The van der Waals surface area contributed by atoms with E-state index in [4.69, 9.17) is 6.57 Å². The highest BCUT2D eigenvalue weighted by Gasteiger charge is 2.08. The molecule has 0 bridgehead atoms. The van der Waals surface area contributed by atoms with Crippen LogP contribution in [0.5, 0.6) is 0 Å². The zero-order chi connectivity index (χ0) is 11.8. The van der Waals surface area contributed by atoms with E-state index >= 15 is 0 Å². The highest BCUT2D eigenvalue weighted by atomic mass is 16.6. The minimum Gasteiger partial charge on any atom is -0.467 e. The zero-order valence-electron chi connectivity index (χ0n) is 8.41. The van der Waals surface area contributed by atoms with Crippen LogP contribution in [0.1, 0.15) is 6.92 Å². The highest BCUT2D eigenvalue weighted by molar-refractivity contribution is 5.89. The molecule has 0 unspecified atom stereocenters. The number of rotatable bonds is 5. The maximum absolute atomic E-state index is 10.9. The van der Waals surface area contributed by atoms with Crippen LogP contribution < -0.4 is 0 Å². The van der Waals surface area contributed by atoms with Crippen LogP contribution in [-0.2, 0) is 19.1 Å². The Labute approximate surface area is 87.8 Å². The Hall–Kier alpha value is -2.09. The number of ether oxygens (including phenoxy) is 2. The number of nitrogens with zero attached hydrogens (tertiary/aromatic N) is 1. The molecule has 0 spiro atoms. The van der Waals surface area contributed by atoms with Crippen molar-refractivity contribution in [3.8, 4) is 0 Å². The van der Waals surface area contributed by atoms with Gasteiger partial charge in [0, 0.05) is 5.57 Å². The molecule has 0 aromatic rings. The quantitative estimate of drug-likeness (QED) is 0.294. The van der Waals surface area contributed by atoms with E-state index in [-0.39, 0.29) is 24.5 Å². The van der Waals surface area contributed by atoms with Gasteiger partial charge < -0.3 is 9.47 Å². The summed E-state index contributed by atoms with van der Waals surface area (Å²) < 4.78 is 9.21. The molecule has 0 amide bonds. The molecule has 0 aromatic carbocycles. The largest absolute Gasteiger partial charge is 0.467 e. The second-order valence-electron chi connectivity index (χ2n) is 2.61. The van der Waals surface area contributed by atoms with Crippen molar-refractivity contribution < 1.29 is 19.1 Å². The van der Waals surface area contributed by atoms with Gasteiger partial charge in [-0.1, -0.05) is 13.2 Å². The molecule has 5 heteroatoms. The molecule has 0 aromatic heterocycles. The first-order valence-electron chi connectivity index (χ1n) is 4.05. The van der Waals surface area contributed by atoms with Crippen LogP contribution in [0.3, 0.4) is 0 Å². The van der Waals surface area contributed by atoms with E-state index in [0.717, 1.165) is 0 Å². The van der Waals surface area contributed by atoms with Gasteiger partial charge in [-0.25, -0.2) is 9.64 Å². The Morgan fingerprint density at radius 1 is 1.20 bits per heavy atom. The predicted molar refractivity (Wildman–Crippen MR) is 52.5 cm³/mol. The van der Waals surface area contributed by atoms with E-state index < -0.39 is 11.9 Å². The Bertz CT molecular complexity index is 338. The number of hydrogen-bond acceptors (Lipinski definition) is 4. The third-order valence-corrected chi connectivity index (χ3v) is 1.27. The molecule has 0 N–H and O–H groups in total. The van der Waals surface area contributed by atoms with Gasteiger partial charge >= 0.3 is 11.9 Å². The Kier molecular flexibility index (Phi) is 5.49. The van der Waals surface area contributed by atoms with Crippen molar-refractivity contribution in [2.75, 3.05) is 13.2 Å². The minimum absolute atomic E-state index is 0.0668. The Balaban J connectivity index is 3.69. The molecule has 0 aliphatic heterocycles. The number of carbonyl (C=O) groups is 2. The second kappa shape index (κ2) is 6.38. The smallest absolute Gasteiger partial charge is 0.335 e. The van der Waals surface area contributed by atoms with Crippen LogP contribution in [0.4, 0.5) is 0 Å². The van der Waals surface area contributed by atoms with Gasteiger partial charge in [-0.3, -0.25) is 4.79 Å². The summed E-state index contributed by atoms with van der Waals surface area (Å²) in [5.41, 5.74) is -0.0341. The topological polar surface area (TPSA) is 57.0 Å². The van der Waals surface area contributed by atoms with Crippen molar-refractivity contribution in [2.45, 2.75) is 6.92 Å². The Morgan fingerprint density at radius 2 is 1.67 bits per heavy atom. The molecule has 0 saturated heterocycles. The van der Waals surface area contributed by atoms with Gasteiger partial charge in [0.1, 0.15) is 13.2 Å². The molecule has 0 aliphatic rings. The lowest BCUT2D eigenvalue weighted by atomic mass is 10.4. The molecule has 0 atom stereocenters. The van der Waals surface area contributed by atoms with E-state index in [1.807, 2.05) is 0 Å². The molecule has 0 radical (unpaired) electrons. The molecule has 0 saturated carbocycles. The lowest BCUT2D eigenvalue weighted by Gasteiger charge is -2.04. The molecule has 15 heavy (non-hydrogen) atoms. The maximum atomic E-state index is 10.9. The summed E-state index contributed by atoms with van der Waals surface area (Å²) in [6.07, 6.45) is 0. The van der Waals surface area contributed by atoms with Crippen molar-refractivity contribution >= 4 is 11.9 Å². The lowest BCUT2D eigenvalue weighted by Crippen LogP contribution is -2.14. The van der Waals surface area contributed by atoms with Crippen molar-refractivity contribution in [2.24, 2.45) is 0 Å². The van der Waals surface area contributed by atoms with Gasteiger partial charge in [-0.15, -0.1) is 0 Å². The second-order valence-corrected chi connectivity index (χ2v) is 2.61. The van der Waals surface area contributed by atoms with Crippen LogP contribution in [0.2, 0.25) is 0 Å². The fraction of sp³-hybridized carbons (Fsp3) is 0.300. The normalized spacial score (nSPS) is 8.53. The molecular formula is C10H11NO4. The molecule has 80 valence electrons. The average Bonchev–Trinajstić information content (AvgIpc) is 2.22.